The fourth-order valence-electron chi connectivity index (χ4n) is 4.19. The molecule has 1 aliphatic heterocycles. The van der Waals surface area contributed by atoms with Crippen molar-refractivity contribution in [3.8, 4) is 11.5 Å². The van der Waals surface area contributed by atoms with Crippen LogP contribution in [0.5, 0.6) is 11.5 Å². The number of amides is 1. The number of carbonyl (C=O) groups excluding carboxylic acids is 1. The highest BCUT2D eigenvalue weighted by atomic mass is 35.5. The van der Waals surface area contributed by atoms with Crippen LogP contribution in [-0.4, -0.2) is 39.1 Å². The molecule has 1 saturated heterocycles. The van der Waals surface area contributed by atoms with Crippen LogP contribution in [-0.2, 0) is 6.61 Å². The molecule has 2 aromatic heterocycles. The summed E-state index contributed by atoms with van der Waals surface area (Å²) in [6.45, 7) is 1.04. The Labute approximate surface area is 196 Å². The van der Waals surface area contributed by atoms with Crippen molar-refractivity contribution in [3.05, 3.63) is 88.8 Å². The summed E-state index contributed by atoms with van der Waals surface area (Å²) in [7, 11) is 1.57. The second kappa shape index (κ2) is 9.11. The van der Waals surface area contributed by atoms with Crippen molar-refractivity contribution in [1.82, 2.24) is 19.5 Å². The molecule has 168 valence electrons. The largest absolute Gasteiger partial charge is 0.493 e. The summed E-state index contributed by atoms with van der Waals surface area (Å²) in [5, 5.41) is 9.31. The second-order valence-electron chi connectivity index (χ2n) is 7.92. The van der Waals surface area contributed by atoms with Crippen LogP contribution < -0.4 is 9.47 Å². The lowest BCUT2D eigenvalue weighted by Crippen LogP contribution is -2.31. The van der Waals surface area contributed by atoms with Crippen molar-refractivity contribution in [3.63, 3.8) is 0 Å². The average molecular weight is 463 g/mol. The van der Waals surface area contributed by atoms with Gasteiger partial charge in [0, 0.05) is 23.3 Å². The zero-order chi connectivity index (χ0) is 22.8. The standard InChI is InChI=1S/C25H23ClN4O3/c1-32-22-15-18(9-12-21(22)33-16-17-7-10-19(26)11-8-17)25(31)29-14-4-5-20(29)24-28-27-23-6-2-3-13-30(23)24/h2-3,6-13,15,20H,4-5,14,16H2,1H3. The highest BCUT2D eigenvalue weighted by molar-refractivity contribution is 6.30. The van der Waals surface area contributed by atoms with Crippen LogP contribution in [0.1, 0.15) is 40.6 Å². The van der Waals surface area contributed by atoms with Crippen LogP contribution in [0.15, 0.2) is 66.9 Å². The molecule has 1 unspecified atom stereocenters. The number of pyridine rings is 1. The fourth-order valence-corrected chi connectivity index (χ4v) is 4.32. The van der Waals surface area contributed by atoms with Gasteiger partial charge in [0.15, 0.2) is 23.0 Å². The number of aromatic nitrogens is 3. The van der Waals surface area contributed by atoms with E-state index in [-0.39, 0.29) is 11.9 Å². The molecule has 0 aliphatic carbocycles. The van der Waals surface area contributed by atoms with Crippen molar-refractivity contribution in [1.29, 1.82) is 0 Å². The Morgan fingerprint density at radius 2 is 1.94 bits per heavy atom. The van der Waals surface area contributed by atoms with Crippen molar-refractivity contribution in [2.75, 3.05) is 13.7 Å². The Morgan fingerprint density at radius 1 is 1.09 bits per heavy atom. The summed E-state index contributed by atoms with van der Waals surface area (Å²) in [4.78, 5) is 15.3. The van der Waals surface area contributed by atoms with Gasteiger partial charge in [-0.3, -0.25) is 9.20 Å². The topological polar surface area (TPSA) is 69.0 Å². The Balaban J connectivity index is 1.36. The molecule has 0 spiro atoms. The minimum Gasteiger partial charge on any atom is -0.493 e. The van der Waals surface area contributed by atoms with Crippen LogP contribution in [0.2, 0.25) is 5.02 Å². The van der Waals surface area contributed by atoms with Gasteiger partial charge in [0.05, 0.1) is 13.2 Å². The Hall–Kier alpha value is -3.58. The number of nitrogens with zero attached hydrogens (tertiary/aromatic N) is 4. The lowest BCUT2D eigenvalue weighted by atomic mass is 10.1. The maximum Gasteiger partial charge on any atom is 0.254 e. The number of hydrogen-bond acceptors (Lipinski definition) is 5. The summed E-state index contributed by atoms with van der Waals surface area (Å²) in [6, 6.07) is 18.4. The fraction of sp³-hybridized carbons (Fsp3) is 0.240. The summed E-state index contributed by atoms with van der Waals surface area (Å²) in [5.74, 6) is 1.81. The first kappa shape index (κ1) is 21.3. The van der Waals surface area contributed by atoms with E-state index >= 15 is 0 Å². The van der Waals surface area contributed by atoms with Crippen molar-refractivity contribution < 1.29 is 14.3 Å². The van der Waals surface area contributed by atoms with E-state index in [9.17, 15) is 4.79 Å². The van der Waals surface area contributed by atoms with Gasteiger partial charge in [0.1, 0.15) is 6.61 Å². The third-order valence-electron chi connectivity index (χ3n) is 5.87. The van der Waals surface area contributed by atoms with Crippen LogP contribution >= 0.6 is 11.6 Å². The molecule has 5 rings (SSSR count). The number of likely N-dealkylation sites (tertiary alicyclic amines) is 1. The molecule has 1 fully saturated rings. The monoisotopic (exact) mass is 462 g/mol. The number of rotatable bonds is 6. The summed E-state index contributed by atoms with van der Waals surface area (Å²) >= 11 is 5.94. The third-order valence-corrected chi connectivity index (χ3v) is 6.12. The lowest BCUT2D eigenvalue weighted by molar-refractivity contribution is 0.0728. The molecule has 0 saturated carbocycles. The first-order valence-corrected chi connectivity index (χ1v) is 11.2. The molecule has 8 heteroatoms. The van der Waals surface area contributed by atoms with Gasteiger partial charge in [-0.1, -0.05) is 29.8 Å². The van der Waals surface area contributed by atoms with Gasteiger partial charge >= 0.3 is 0 Å². The molecule has 1 atom stereocenters. The molecule has 3 heterocycles. The van der Waals surface area contributed by atoms with E-state index in [1.807, 2.05) is 58.0 Å². The maximum atomic E-state index is 13.4. The Morgan fingerprint density at radius 3 is 2.76 bits per heavy atom. The van der Waals surface area contributed by atoms with Crippen molar-refractivity contribution >= 4 is 23.2 Å². The van der Waals surface area contributed by atoms with Gasteiger partial charge in [-0.25, -0.2) is 0 Å². The zero-order valence-corrected chi connectivity index (χ0v) is 18.9. The quantitative estimate of drug-likeness (QED) is 0.405. The zero-order valence-electron chi connectivity index (χ0n) is 18.1. The normalized spacial score (nSPS) is 15.7. The maximum absolute atomic E-state index is 13.4. The van der Waals surface area contributed by atoms with E-state index in [0.29, 0.717) is 35.2 Å². The van der Waals surface area contributed by atoms with Gasteiger partial charge in [-0.05, 0) is 60.9 Å². The van der Waals surface area contributed by atoms with Gasteiger partial charge < -0.3 is 14.4 Å². The molecule has 4 aromatic rings. The molecule has 0 radical (unpaired) electrons. The number of ether oxygens (including phenoxy) is 2. The van der Waals surface area contributed by atoms with Gasteiger partial charge in [0.2, 0.25) is 0 Å². The average Bonchev–Trinajstić information content (AvgIpc) is 3.50. The summed E-state index contributed by atoms with van der Waals surface area (Å²) in [6.07, 6.45) is 3.69. The van der Waals surface area contributed by atoms with E-state index in [1.165, 1.54) is 0 Å². The predicted octanol–water partition coefficient (Wildman–Crippen LogP) is 4.95. The lowest BCUT2D eigenvalue weighted by Gasteiger charge is -2.24. The van der Waals surface area contributed by atoms with Crippen LogP contribution in [0, 0.1) is 0 Å². The number of halogens is 1. The smallest absolute Gasteiger partial charge is 0.254 e. The number of fused-ring (bicyclic) bond motifs is 1. The highest BCUT2D eigenvalue weighted by Gasteiger charge is 2.34. The number of hydrogen-bond donors (Lipinski definition) is 0. The minimum absolute atomic E-state index is 0.0623. The SMILES string of the molecule is COc1cc(C(=O)N2CCCC2c2nnc3ccccn23)ccc1OCc1ccc(Cl)cc1. The van der Waals surface area contributed by atoms with Crippen molar-refractivity contribution in [2.24, 2.45) is 0 Å². The first-order valence-electron chi connectivity index (χ1n) is 10.8. The molecule has 33 heavy (non-hydrogen) atoms. The Bertz CT molecular complexity index is 1290. The first-order chi connectivity index (χ1) is 16.1. The van der Waals surface area contributed by atoms with Crippen LogP contribution in [0.25, 0.3) is 5.65 Å². The molecule has 7 nitrogen and oxygen atoms in total. The van der Waals surface area contributed by atoms with E-state index in [4.69, 9.17) is 21.1 Å². The summed E-state index contributed by atoms with van der Waals surface area (Å²) < 4.78 is 13.4. The number of methoxy groups -OCH3 is 1. The summed E-state index contributed by atoms with van der Waals surface area (Å²) in [5.41, 5.74) is 2.31. The molecule has 0 N–H and O–H groups in total. The Kier molecular flexibility index (Phi) is 5.88. The van der Waals surface area contributed by atoms with Gasteiger partial charge in [0.25, 0.3) is 5.91 Å². The van der Waals surface area contributed by atoms with Gasteiger partial charge in [-0.2, -0.15) is 0 Å². The number of carbonyl (C=O) groups is 1. The number of benzene rings is 2. The van der Waals surface area contributed by atoms with E-state index in [0.717, 1.165) is 29.9 Å². The molecule has 0 bridgehead atoms. The molecule has 2 aromatic carbocycles. The van der Waals surface area contributed by atoms with E-state index in [2.05, 4.69) is 10.2 Å². The van der Waals surface area contributed by atoms with E-state index < -0.39 is 0 Å². The third kappa shape index (κ3) is 4.24. The minimum atomic E-state index is -0.123. The van der Waals surface area contributed by atoms with Crippen LogP contribution in [0.4, 0.5) is 0 Å². The molecule has 1 aliphatic rings. The van der Waals surface area contributed by atoms with Crippen LogP contribution in [0.3, 0.4) is 0 Å². The van der Waals surface area contributed by atoms with Gasteiger partial charge in [-0.15, -0.1) is 10.2 Å². The molecular formula is C25H23ClN4O3. The van der Waals surface area contributed by atoms with Crippen molar-refractivity contribution in [2.45, 2.75) is 25.5 Å². The van der Waals surface area contributed by atoms with E-state index in [1.54, 1.807) is 25.3 Å². The second-order valence-corrected chi connectivity index (χ2v) is 8.36. The highest BCUT2D eigenvalue weighted by Crippen LogP contribution is 2.34. The predicted molar refractivity (Wildman–Crippen MR) is 125 cm³/mol. The molecular weight excluding hydrogens is 440 g/mol. The molecule has 1 amide bonds.